The molecule has 2 rings (SSSR count). The normalized spacial score (nSPS) is 13.3. The smallest absolute Gasteiger partial charge is 0.340 e. The van der Waals surface area contributed by atoms with Crippen LogP contribution in [0.25, 0.3) is 0 Å². The molecule has 1 N–H and O–H groups in total. The number of benzene rings is 2. The van der Waals surface area contributed by atoms with Crippen LogP contribution in [0.5, 0.6) is 11.5 Å². The zero-order valence-corrected chi connectivity index (χ0v) is 25.9. The second-order valence-corrected chi connectivity index (χ2v) is 15.2. The zero-order valence-electron chi connectivity index (χ0n) is 24.2. The van der Waals surface area contributed by atoms with Gasteiger partial charge < -0.3 is 14.2 Å². The maximum absolute atomic E-state index is 14.0. The van der Waals surface area contributed by atoms with Gasteiger partial charge in [0.15, 0.2) is 0 Å². The number of para-hydroxylation sites is 1. The molecule has 0 saturated heterocycles. The van der Waals surface area contributed by atoms with Gasteiger partial charge in [-0.1, -0.05) is 30.3 Å². The molecule has 0 aliphatic rings. The van der Waals surface area contributed by atoms with Crippen molar-refractivity contribution in [2.75, 3.05) is 19.3 Å². The van der Waals surface area contributed by atoms with E-state index in [9.17, 15) is 27.1 Å². The summed E-state index contributed by atoms with van der Waals surface area (Å²) in [6, 6.07) is 16.1. The molecule has 0 aliphatic heterocycles. The van der Waals surface area contributed by atoms with Crippen LogP contribution in [0.15, 0.2) is 54.6 Å². The monoisotopic (exact) mass is 614 g/mol. The minimum atomic E-state index is -4.66. The first-order chi connectivity index (χ1) is 18.9. The maximum Gasteiger partial charge on any atom is 0.340 e. The van der Waals surface area contributed by atoms with Crippen LogP contribution in [0.2, 0.25) is 0 Å². The van der Waals surface area contributed by atoms with Crippen LogP contribution in [0.4, 0.5) is 0 Å². The molecule has 0 aliphatic carbocycles. The molecule has 0 amide bonds. The first-order valence-electron chi connectivity index (χ1n) is 12.9. The summed E-state index contributed by atoms with van der Waals surface area (Å²) in [6.07, 6.45) is 0.0960. The Morgan fingerprint density at radius 1 is 0.829 bits per heavy atom. The molecule has 0 saturated carbocycles. The van der Waals surface area contributed by atoms with Gasteiger partial charge >= 0.3 is 19.5 Å². The predicted molar refractivity (Wildman–Crippen MR) is 152 cm³/mol. The largest absolute Gasteiger partial charge is 0.457 e. The van der Waals surface area contributed by atoms with Gasteiger partial charge in [-0.15, -0.1) is 0 Å². The van der Waals surface area contributed by atoms with Crippen molar-refractivity contribution < 1.29 is 50.4 Å². The van der Waals surface area contributed by atoms with Gasteiger partial charge in [-0.3, -0.25) is 27.8 Å². The zero-order chi connectivity index (χ0) is 30.9. The topological polar surface area (TPSA) is 152 Å². The Bertz CT molecular complexity index is 1280. The second kappa shape index (κ2) is 14.4. The summed E-state index contributed by atoms with van der Waals surface area (Å²) in [4.78, 5) is 24.4. The number of ether oxygens (including phenoxy) is 3. The van der Waals surface area contributed by atoms with E-state index in [-0.39, 0.29) is 12.8 Å². The molecule has 0 fully saturated rings. The molecule has 0 radical (unpaired) electrons. The minimum Gasteiger partial charge on any atom is -0.457 e. The average molecular weight is 615 g/mol. The van der Waals surface area contributed by atoms with Gasteiger partial charge in [0, 0.05) is 0 Å². The van der Waals surface area contributed by atoms with Crippen molar-refractivity contribution in [3.05, 3.63) is 60.2 Å². The van der Waals surface area contributed by atoms with Crippen LogP contribution < -0.4 is 4.74 Å². The van der Waals surface area contributed by atoms with Crippen molar-refractivity contribution in [2.24, 2.45) is 10.8 Å². The molecule has 41 heavy (non-hydrogen) atoms. The van der Waals surface area contributed by atoms with Crippen LogP contribution in [0.1, 0.15) is 53.5 Å². The average Bonchev–Trinajstić information content (AvgIpc) is 2.85. The van der Waals surface area contributed by atoms with Gasteiger partial charge in [0.2, 0.25) is 13.6 Å². The highest BCUT2D eigenvalue weighted by atomic mass is 32.2. The SMILES string of the molecule is CC(C)(C)C(=O)OCOP(=O)(OCOC(=O)C(C)(C)C)[C@@H](CCc1cccc(Oc2ccccc2)c1)CS(=O)(=O)O. The molecule has 1 atom stereocenters. The van der Waals surface area contributed by atoms with E-state index in [4.69, 9.17) is 23.3 Å². The Kier molecular flexibility index (Phi) is 12.1. The first kappa shape index (κ1) is 34.4. The van der Waals surface area contributed by atoms with Crippen molar-refractivity contribution in [3.8, 4) is 11.5 Å². The van der Waals surface area contributed by atoms with Gasteiger partial charge in [0.1, 0.15) is 11.5 Å². The molecule has 11 nitrogen and oxygen atoms in total. The second-order valence-electron chi connectivity index (χ2n) is 11.4. The lowest BCUT2D eigenvalue weighted by Crippen LogP contribution is -2.28. The van der Waals surface area contributed by atoms with E-state index in [0.29, 0.717) is 17.1 Å². The highest BCUT2D eigenvalue weighted by molar-refractivity contribution is 7.86. The fourth-order valence-electron chi connectivity index (χ4n) is 3.29. The predicted octanol–water partition coefficient (Wildman–Crippen LogP) is 5.99. The molecule has 0 spiro atoms. The van der Waals surface area contributed by atoms with E-state index in [0.717, 1.165) is 0 Å². The van der Waals surface area contributed by atoms with Crippen LogP contribution >= 0.6 is 7.60 Å². The summed E-state index contributed by atoms with van der Waals surface area (Å²) in [5, 5.41) is 0. The number of esters is 2. The third-order valence-corrected chi connectivity index (χ3v) is 8.90. The minimum absolute atomic E-state index is 0.0910. The van der Waals surface area contributed by atoms with Crippen LogP contribution in [0.3, 0.4) is 0 Å². The number of carbonyl (C=O) groups is 2. The van der Waals surface area contributed by atoms with Crippen molar-refractivity contribution in [1.82, 2.24) is 0 Å². The summed E-state index contributed by atoms with van der Waals surface area (Å²) in [6.45, 7) is 8.00. The number of hydrogen-bond acceptors (Lipinski definition) is 10. The fourth-order valence-corrected chi connectivity index (χ4v) is 6.58. The maximum atomic E-state index is 14.0. The fraction of sp³-hybridized carbons (Fsp3) is 0.500. The lowest BCUT2D eigenvalue weighted by Gasteiger charge is -2.27. The molecule has 0 unspecified atom stereocenters. The van der Waals surface area contributed by atoms with Crippen LogP contribution in [-0.4, -0.2) is 49.9 Å². The van der Waals surface area contributed by atoms with E-state index in [2.05, 4.69) is 0 Å². The Labute approximate surface area is 241 Å². The lowest BCUT2D eigenvalue weighted by atomic mass is 9.98. The van der Waals surface area contributed by atoms with E-state index in [1.54, 1.807) is 77.9 Å². The molecule has 0 heterocycles. The molecular formula is C28H39O11PS. The number of hydrogen-bond donors (Lipinski definition) is 1. The summed E-state index contributed by atoms with van der Waals surface area (Å²) < 4.78 is 74.1. The summed E-state index contributed by atoms with van der Waals surface area (Å²) in [5.74, 6) is -1.16. The van der Waals surface area contributed by atoms with Crippen LogP contribution in [-0.2, 0) is 49.2 Å². The van der Waals surface area contributed by atoms with Gasteiger partial charge in [-0.05, 0) is 84.2 Å². The van der Waals surface area contributed by atoms with E-state index >= 15 is 0 Å². The molecule has 2 aromatic rings. The Balaban J connectivity index is 2.26. The van der Waals surface area contributed by atoms with E-state index in [1.165, 1.54) is 0 Å². The van der Waals surface area contributed by atoms with Gasteiger partial charge in [0.25, 0.3) is 10.1 Å². The number of rotatable bonds is 14. The Hall–Kier alpha value is -2.76. The number of carbonyl (C=O) groups excluding carboxylic acids is 2. The highest BCUT2D eigenvalue weighted by Crippen LogP contribution is 2.55. The Morgan fingerprint density at radius 2 is 1.34 bits per heavy atom. The third-order valence-electron chi connectivity index (χ3n) is 5.56. The summed E-state index contributed by atoms with van der Waals surface area (Å²) >= 11 is 0. The first-order valence-corrected chi connectivity index (χ1v) is 16.1. The van der Waals surface area contributed by atoms with Crippen molar-refractivity contribution in [1.29, 1.82) is 0 Å². The van der Waals surface area contributed by atoms with Crippen molar-refractivity contribution in [2.45, 2.75) is 60.0 Å². The molecule has 0 bridgehead atoms. The van der Waals surface area contributed by atoms with Gasteiger partial charge in [0.05, 0.1) is 22.2 Å². The lowest BCUT2D eigenvalue weighted by molar-refractivity contribution is -0.162. The molecule has 228 valence electrons. The Morgan fingerprint density at radius 3 is 1.83 bits per heavy atom. The van der Waals surface area contributed by atoms with Crippen molar-refractivity contribution >= 4 is 29.7 Å². The molecule has 0 aromatic heterocycles. The summed E-state index contributed by atoms with van der Waals surface area (Å²) in [7, 11) is -9.13. The third kappa shape index (κ3) is 12.3. The number of aryl methyl sites for hydroxylation is 1. The summed E-state index contributed by atoms with van der Waals surface area (Å²) in [5.41, 5.74) is -2.48. The highest BCUT2D eigenvalue weighted by Gasteiger charge is 2.40. The van der Waals surface area contributed by atoms with Crippen molar-refractivity contribution in [3.63, 3.8) is 0 Å². The molecule has 2 aromatic carbocycles. The standard InChI is InChI=1S/C28H39O11PS/c1-27(2,3)25(29)35-19-37-40(31,38-20-36-26(30)28(4,5)6)24(18-41(32,33)34)16-15-21-11-10-14-23(17-21)39-22-12-8-7-9-13-22/h7-14,17,24H,15-16,18-20H2,1-6H3,(H,32,33,34)/t24-/m0/s1. The quantitative estimate of drug-likeness (QED) is 0.116. The van der Waals surface area contributed by atoms with E-state index in [1.807, 2.05) is 18.2 Å². The van der Waals surface area contributed by atoms with Crippen LogP contribution in [0, 0.1) is 10.8 Å². The van der Waals surface area contributed by atoms with Gasteiger partial charge in [-0.2, -0.15) is 8.42 Å². The van der Waals surface area contributed by atoms with Gasteiger partial charge in [-0.25, -0.2) is 0 Å². The molecule has 13 heteroatoms. The van der Waals surface area contributed by atoms with E-state index < -0.39 is 65.5 Å². The molecular weight excluding hydrogens is 575 g/mol.